The molecule has 6 nitrogen and oxygen atoms in total. The molecule has 0 aromatic heterocycles. The monoisotopic (exact) mass is 298 g/mol. The molecule has 2 rings (SSSR count). The number of nitrogens with one attached hydrogen (secondary N) is 2. The van der Waals surface area contributed by atoms with Gasteiger partial charge in [-0.2, -0.15) is 0 Å². The third-order valence-corrected chi connectivity index (χ3v) is 4.72. The van der Waals surface area contributed by atoms with Gasteiger partial charge >= 0.3 is 0 Å². The second kappa shape index (κ2) is 5.90. The number of carbonyl (C=O) groups is 1. The Kier molecular flexibility index (Phi) is 4.42. The normalized spacial score (nSPS) is 20.7. The van der Waals surface area contributed by atoms with Crippen LogP contribution in [-0.4, -0.2) is 32.0 Å². The number of aliphatic hydroxyl groups excluding tert-OH is 1. The van der Waals surface area contributed by atoms with Gasteiger partial charge in [-0.1, -0.05) is 12.1 Å². The van der Waals surface area contributed by atoms with Crippen molar-refractivity contribution in [3.63, 3.8) is 0 Å². The standard InChI is InChI=1S/C13H18N2O4S/c1-9(16)10-2-5-12(6-3-10)20(18,19)14-8-11-4-7-13(17)15-11/h2-3,5-6,9,11,14,16H,4,7-8H2,1H3,(H,15,17). The van der Waals surface area contributed by atoms with Crippen LogP contribution in [0.2, 0.25) is 0 Å². The van der Waals surface area contributed by atoms with E-state index in [1.807, 2.05) is 0 Å². The first-order chi connectivity index (χ1) is 9.38. The smallest absolute Gasteiger partial charge is 0.240 e. The van der Waals surface area contributed by atoms with E-state index >= 15 is 0 Å². The summed E-state index contributed by atoms with van der Waals surface area (Å²) >= 11 is 0. The minimum atomic E-state index is -3.59. The van der Waals surface area contributed by atoms with Crippen LogP contribution in [0.1, 0.15) is 31.4 Å². The highest BCUT2D eigenvalue weighted by Gasteiger charge is 2.23. The first kappa shape index (κ1) is 15.0. The van der Waals surface area contributed by atoms with Crippen molar-refractivity contribution in [2.45, 2.75) is 36.8 Å². The maximum Gasteiger partial charge on any atom is 0.240 e. The summed E-state index contributed by atoms with van der Waals surface area (Å²) in [5.74, 6) is -0.0458. The second-order valence-corrected chi connectivity index (χ2v) is 6.67. The van der Waals surface area contributed by atoms with Gasteiger partial charge in [-0.15, -0.1) is 0 Å². The maximum atomic E-state index is 12.1. The molecule has 2 unspecified atom stereocenters. The summed E-state index contributed by atoms with van der Waals surface area (Å²) < 4.78 is 26.6. The predicted octanol–water partition coefficient (Wildman–Crippen LogP) is 0.297. The molecule has 0 bridgehead atoms. The zero-order chi connectivity index (χ0) is 14.8. The molecule has 110 valence electrons. The molecule has 7 heteroatoms. The second-order valence-electron chi connectivity index (χ2n) is 4.90. The molecule has 1 aromatic carbocycles. The Balaban J connectivity index is 2.00. The fourth-order valence-corrected chi connectivity index (χ4v) is 3.13. The molecule has 20 heavy (non-hydrogen) atoms. The van der Waals surface area contributed by atoms with Crippen LogP contribution in [-0.2, 0) is 14.8 Å². The van der Waals surface area contributed by atoms with Crippen LogP contribution in [0.4, 0.5) is 0 Å². The van der Waals surface area contributed by atoms with Gasteiger partial charge in [0.1, 0.15) is 0 Å². The fourth-order valence-electron chi connectivity index (χ4n) is 2.05. The third-order valence-electron chi connectivity index (χ3n) is 3.28. The van der Waals surface area contributed by atoms with E-state index in [2.05, 4.69) is 10.0 Å². The van der Waals surface area contributed by atoms with Crippen molar-refractivity contribution >= 4 is 15.9 Å². The summed E-state index contributed by atoms with van der Waals surface area (Å²) in [5, 5.41) is 12.1. The highest BCUT2D eigenvalue weighted by molar-refractivity contribution is 7.89. The van der Waals surface area contributed by atoms with E-state index in [0.717, 1.165) is 0 Å². The number of hydrogen-bond donors (Lipinski definition) is 3. The molecule has 1 saturated heterocycles. The highest BCUT2D eigenvalue weighted by atomic mass is 32.2. The van der Waals surface area contributed by atoms with E-state index in [1.54, 1.807) is 19.1 Å². The van der Waals surface area contributed by atoms with Crippen molar-refractivity contribution in [3.05, 3.63) is 29.8 Å². The van der Waals surface area contributed by atoms with Gasteiger partial charge in [-0.3, -0.25) is 4.79 Å². The Morgan fingerprint density at radius 3 is 2.55 bits per heavy atom. The number of hydrogen-bond acceptors (Lipinski definition) is 4. The number of benzene rings is 1. The summed E-state index contributed by atoms with van der Waals surface area (Å²) in [6, 6.07) is 5.93. The van der Waals surface area contributed by atoms with Gasteiger partial charge in [0, 0.05) is 19.0 Å². The lowest BCUT2D eigenvalue weighted by molar-refractivity contribution is -0.119. The average molecular weight is 298 g/mol. The van der Waals surface area contributed by atoms with Crippen molar-refractivity contribution in [1.82, 2.24) is 10.0 Å². The molecular formula is C13H18N2O4S. The fraction of sp³-hybridized carbons (Fsp3) is 0.462. The zero-order valence-corrected chi connectivity index (χ0v) is 12.0. The minimum absolute atomic E-state index is 0.0458. The Labute approximate surface area is 118 Å². The van der Waals surface area contributed by atoms with Gasteiger partial charge in [-0.05, 0) is 31.0 Å². The lowest BCUT2D eigenvalue weighted by Gasteiger charge is -2.12. The van der Waals surface area contributed by atoms with Crippen molar-refractivity contribution in [2.24, 2.45) is 0 Å². The van der Waals surface area contributed by atoms with Crippen molar-refractivity contribution in [2.75, 3.05) is 6.54 Å². The number of sulfonamides is 1. The van der Waals surface area contributed by atoms with Gasteiger partial charge in [0.25, 0.3) is 0 Å². The molecule has 0 aliphatic carbocycles. The third kappa shape index (κ3) is 3.56. The first-order valence-electron chi connectivity index (χ1n) is 6.45. The van der Waals surface area contributed by atoms with Crippen molar-refractivity contribution < 1.29 is 18.3 Å². The van der Waals surface area contributed by atoms with E-state index in [0.29, 0.717) is 18.4 Å². The van der Waals surface area contributed by atoms with Crippen LogP contribution in [0.25, 0.3) is 0 Å². The first-order valence-corrected chi connectivity index (χ1v) is 7.94. The molecular weight excluding hydrogens is 280 g/mol. The molecule has 2 atom stereocenters. The van der Waals surface area contributed by atoms with Gasteiger partial charge < -0.3 is 10.4 Å². The summed E-state index contributed by atoms with van der Waals surface area (Å²) in [4.78, 5) is 11.2. The van der Waals surface area contributed by atoms with Crippen LogP contribution in [0.15, 0.2) is 29.2 Å². The van der Waals surface area contributed by atoms with Crippen molar-refractivity contribution in [3.8, 4) is 0 Å². The molecule has 1 aromatic rings. The molecule has 3 N–H and O–H groups in total. The minimum Gasteiger partial charge on any atom is -0.389 e. The van der Waals surface area contributed by atoms with Crippen LogP contribution < -0.4 is 10.0 Å². The largest absolute Gasteiger partial charge is 0.389 e. The van der Waals surface area contributed by atoms with Crippen LogP contribution >= 0.6 is 0 Å². The quantitative estimate of drug-likeness (QED) is 0.728. The van der Waals surface area contributed by atoms with Gasteiger partial charge in [0.2, 0.25) is 15.9 Å². The van der Waals surface area contributed by atoms with Crippen molar-refractivity contribution in [1.29, 1.82) is 0 Å². The van der Waals surface area contributed by atoms with E-state index in [4.69, 9.17) is 0 Å². The summed E-state index contributed by atoms with van der Waals surface area (Å²) in [6.07, 6.45) is 0.450. The Morgan fingerprint density at radius 1 is 1.40 bits per heavy atom. The molecule has 1 amide bonds. The van der Waals surface area contributed by atoms with Gasteiger partial charge in [0.05, 0.1) is 11.0 Å². The van der Waals surface area contributed by atoms with Gasteiger partial charge in [-0.25, -0.2) is 13.1 Å². The molecule has 0 saturated carbocycles. The molecule has 1 heterocycles. The van der Waals surface area contributed by atoms with E-state index in [-0.39, 0.29) is 23.4 Å². The summed E-state index contributed by atoms with van der Waals surface area (Å²) in [5.41, 5.74) is 0.659. The SMILES string of the molecule is CC(O)c1ccc(S(=O)(=O)NCC2CCC(=O)N2)cc1. The molecule has 1 fully saturated rings. The van der Waals surface area contributed by atoms with Crippen LogP contribution in [0, 0.1) is 0 Å². The van der Waals surface area contributed by atoms with Crippen LogP contribution in [0.3, 0.4) is 0 Å². The predicted molar refractivity (Wildman–Crippen MR) is 73.4 cm³/mol. The molecule has 1 aliphatic heterocycles. The maximum absolute atomic E-state index is 12.1. The molecule has 0 radical (unpaired) electrons. The summed E-state index contributed by atoms with van der Waals surface area (Å²) in [7, 11) is -3.59. The number of amides is 1. The van der Waals surface area contributed by atoms with Crippen LogP contribution in [0.5, 0.6) is 0 Å². The Bertz CT molecular complexity index is 581. The zero-order valence-electron chi connectivity index (χ0n) is 11.2. The average Bonchev–Trinajstić information content (AvgIpc) is 2.82. The highest BCUT2D eigenvalue weighted by Crippen LogP contribution is 2.16. The number of aliphatic hydroxyl groups is 1. The molecule has 0 spiro atoms. The lowest BCUT2D eigenvalue weighted by atomic mass is 10.1. The Morgan fingerprint density at radius 2 is 2.05 bits per heavy atom. The Hall–Kier alpha value is -1.44. The topological polar surface area (TPSA) is 95.5 Å². The van der Waals surface area contributed by atoms with Gasteiger partial charge in [0.15, 0.2) is 0 Å². The number of rotatable bonds is 5. The lowest BCUT2D eigenvalue weighted by Crippen LogP contribution is -2.38. The van der Waals surface area contributed by atoms with E-state index in [1.165, 1.54) is 12.1 Å². The molecule has 1 aliphatic rings. The van der Waals surface area contributed by atoms with E-state index in [9.17, 15) is 18.3 Å². The van der Waals surface area contributed by atoms with E-state index < -0.39 is 16.1 Å². The number of carbonyl (C=O) groups excluding carboxylic acids is 1. The summed E-state index contributed by atoms with van der Waals surface area (Å²) in [6.45, 7) is 1.80.